The second-order valence-electron chi connectivity index (χ2n) is 3.22. The predicted octanol–water partition coefficient (Wildman–Crippen LogP) is -0.720. The molecule has 2 atom stereocenters. The van der Waals surface area contributed by atoms with Gasteiger partial charge >= 0.3 is 0 Å². The third-order valence-corrected chi connectivity index (χ3v) is 2.12. The monoisotopic (exact) mass is 227 g/mol. The smallest absolute Gasteiger partial charge is 0.249 e. The van der Waals surface area contributed by atoms with Crippen molar-refractivity contribution in [2.45, 2.75) is 12.2 Å². The number of aliphatic hydroxyl groups is 2. The van der Waals surface area contributed by atoms with Crippen molar-refractivity contribution in [3.8, 4) is 11.5 Å². The van der Waals surface area contributed by atoms with Gasteiger partial charge in [0.1, 0.15) is 17.6 Å². The van der Waals surface area contributed by atoms with E-state index in [1.165, 1.54) is 25.3 Å². The second kappa shape index (κ2) is 4.82. The molecule has 0 heterocycles. The molecule has 1 rings (SSSR count). The highest BCUT2D eigenvalue weighted by molar-refractivity contribution is 5.79. The number of phenols is 1. The number of hydrogen-bond acceptors (Lipinski definition) is 5. The first-order chi connectivity index (χ1) is 7.47. The number of primary amides is 1. The molecule has 0 aliphatic heterocycles. The molecule has 2 unspecified atom stereocenters. The van der Waals surface area contributed by atoms with Crippen molar-refractivity contribution in [1.29, 1.82) is 0 Å². The summed E-state index contributed by atoms with van der Waals surface area (Å²) in [6.07, 6.45) is -3.30. The third kappa shape index (κ3) is 2.41. The number of methoxy groups -OCH3 is 1. The van der Waals surface area contributed by atoms with Gasteiger partial charge in [0, 0.05) is 5.56 Å². The Morgan fingerprint density at radius 1 is 1.44 bits per heavy atom. The van der Waals surface area contributed by atoms with Gasteiger partial charge in [-0.05, 0) is 18.2 Å². The minimum Gasteiger partial charge on any atom is -0.508 e. The molecule has 5 N–H and O–H groups in total. The Kier molecular flexibility index (Phi) is 3.70. The summed E-state index contributed by atoms with van der Waals surface area (Å²) >= 11 is 0. The summed E-state index contributed by atoms with van der Waals surface area (Å²) in [5, 5.41) is 28.2. The van der Waals surface area contributed by atoms with Crippen LogP contribution in [0.2, 0.25) is 0 Å². The summed E-state index contributed by atoms with van der Waals surface area (Å²) in [6, 6.07) is 3.95. The van der Waals surface area contributed by atoms with Crippen LogP contribution in [-0.2, 0) is 4.79 Å². The minimum atomic E-state index is -1.75. The Labute approximate surface area is 91.9 Å². The van der Waals surface area contributed by atoms with Gasteiger partial charge in [-0.15, -0.1) is 0 Å². The Morgan fingerprint density at radius 3 is 2.56 bits per heavy atom. The van der Waals surface area contributed by atoms with Crippen LogP contribution in [0.3, 0.4) is 0 Å². The molecular weight excluding hydrogens is 214 g/mol. The number of rotatable bonds is 4. The number of phenolic OH excluding ortho intramolecular Hbond substituents is 1. The van der Waals surface area contributed by atoms with Gasteiger partial charge in [-0.2, -0.15) is 0 Å². The van der Waals surface area contributed by atoms with E-state index >= 15 is 0 Å². The average molecular weight is 227 g/mol. The van der Waals surface area contributed by atoms with Gasteiger partial charge in [0.15, 0.2) is 6.10 Å². The molecule has 0 saturated heterocycles. The Balaban J connectivity index is 3.10. The van der Waals surface area contributed by atoms with Gasteiger partial charge in [-0.1, -0.05) is 0 Å². The largest absolute Gasteiger partial charge is 0.508 e. The van der Waals surface area contributed by atoms with Crippen molar-refractivity contribution in [2.75, 3.05) is 7.11 Å². The molecule has 1 aromatic rings. The lowest BCUT2D eigenvalue weighted by Crippen LogP contribution is -2.34. The van der Waals surface area contributed by atoms with E-state index in [0.29, 0.717) is 0 Å². The summed E-state index contributed by atoms with van der Waals surface area (Å²) in [5.74, 6) is -0.935. The van der Waals surface area contributed by atoms with Crippen LogP contribution in [0.25, 0.3) is 0 Å². The Morgan fingerprint density at radius 2 is 2.06 bits per heavy atom. The Hall–Kier alpha value is -1.79. The molecule has 1 aromatic carbocycles. The fourth-order valence-corrected chi connectivity index (χ4v) is 1.28. The van der Waals surface area contributed by atoms with Gasteiger partial charge in [0.25, 0.3) is 0 Å². The van der Waals surface area contributed by atoms with Gasteiger partial charge < -0.3 is 25.8 Å². The van der Waals surface area contributed by atoms with Crippen LogP contribution < -0.4 is 10.5 Å². The lowest BCUT2D eigenvalue weighted by molar-refractivity contribution is -0.132. The predicted molar refractivity (Wildman–Crippen MR) is 54.8 cm³/mol. The maximum absolute atomic E-state index is 10.7. The third-order valence-electron chi connectivity index (χ3n) is 2.12. The van der Waals surface area contributed by atoms with Crippen LogP contribution in [0.4, 0.5) is 0 Å². The summed E-state index contributed by atoms with van der Waals surface area (Å²) in [4.78, 5) is 10.7. The molecule has 0 saturated carbocycles. The van der Waals surface area contributed by atoms with E-state index in [-0.39, 0.29) is 17.1 Å². The van der Waals surface area contributed by atoms with Crippen molar-refractivity contribution in [1.82, 2.24) is 0 Å². The van der Waals surface area contributed by atoms with E-state index in [1.807, 2.05) is 0 Å². The van der Waals surface area contributed by atoms with E-state index in [2.05, 4.69) is 0 Å². The van der Waals surface area contributed by atoms with Crippen LogP contribution in [0.5, 0.6) is 11.5 Å². The van der Waals surface area contributed by atoms with E-state index in [1.54, 1.807) is 0 Å². The molecule has 0 aliphatic carbocycles. The van der Waals surface area contributed by atoms with Gasteiger partial charge in [-0.3, -0.25) is 4.79 Å². The molecule has 0 aromatic heterocycles. The fraction of sp³-hybridized carbons (Fsp3) is 0.300. The summed E-state index contributed by atoms with van der Waals surface area (Å²) in [5.41, 5.74) is 4.94. The number of hydrogen-bond donors (Lipinski definition) is 4. The quantitative estimate of drug-likeness (QED) is 0.542. The number of benzene rings is 1. The molecule has 6 heteroatoms. The first kappa shape index (κ1) is 12.3. The maximum atomic E-state index is 10.7. The molecule has 0 radical (unpaired) electrons. The number of aliphatic hydroxyl groups excluding tert-OH is 2. The van der Waals surface area contributed by atoms with Crippen LogP contribution in [-0.4, -0.2) is 34.4 Å². The molecule has 0 bridgehead atoms. The van der Waals surface area contributed by atoms with E-state index in [4.69, 9.17) is 10.5 Å². The number of ether oxygens (including phenoxy) is 1. The highest BCUT2D eigenvalue weighted by Gasteiger charge is 2.26. The van der Waals surface area contributed by atoms with Crippen molar-refractivity contribution in [3.63, 3.8) is 0 Å². The number of nitrogens with two attached hydrogens (primary N) is 1. The molecule has 6 nitrogen and oxygen atoms in total. The zero-order chi connectivity index (χ0) is 12.3. The lowest BCUT2D eigenvalue weighted by Gasteiger charge is -2.17. The molecule has 0 fully saturated rings. The van der Waals surface area contributed by atoms with Gasteiger partial charge in [-0.25, -0.2) is 0 Å². The Bertz CT molecular complexity index is 393. The molecule has 0 spiro atoms. The number of aromatic hydroxyl groups is 1. The summed E-state index contributed by atoms with van der Waals surface area (Å²) < 4.78 is 4.92. The summed E-state index contributed by atoms with van der Waals surface area (Å²) in [6.45, 7) is 0. The topological polar surface area (TPSA) is 113 Å². The fourth-order valence-electron chi connectivity index (χ4n) is 1.28. The van der Waals surface area contributed by atoms with Crippen molar-refractivity contribution >= 4 is 5.91 Å². The first-order valence-electron chi connectivity index (χ1n) is 4.49. The average Bonchev–Trinajstić information content (AvgIpc) is 2.26. The number of carbonyl (C=O) groups excluding carboxylic acids is 1. The van der Waals surface area contributed by atoms with E-state index in [0.717, 1.165) is 0 Å². The number of amides is 1. The first-order valence-corrected chi connectivity index (χ1v) is 4.49. The van der Waals surface area contributed by atoms with Gasteiger partial charge in [0.2, 0.25) is 5.91 Å². The molecule has 88 valence electrons. The van der Waals surface area contributed by atoms with Crippen molar-refractivity contribution < 1.29 is 24.9 Å². The second-order valence-corrected chi connectivity index (χ2v) is 3.22. The normalized spacial score (nSPS) is 14.2. The standard InChI is InChI=1S/C10H13NO5/c1-16-7-3-2-5(12)4-6(7)8(13)9(14)10(11)15/h2-4,8-9,12-14H,1H3,(H2,11,15). The lowest BCUT2D eigenvalue weighted by atomic mass is 10.0. The van der Waals surface area contributed by atoms with Gasteiger partial charge in [0.05, 0.1) is 7.11 Å². The zero-order valence-corrected chi connectivity index (χ0v) is 8.62. The van der Waals surface area contributed by atoms with Crippen LogP contribution in [0.1, 0.15) is 11.7 Å². The summed E-state index contributed by atoms with van der Waals surface area (Å²) in [7, 11) is 1.36. The van der Waals surface area contributed by atoms with Crippen LogP contribution >= 0.6 is 0 Å². The number of carbonyl (C=O) groups is 1. The highest BCUT2D eigenvalue weighted by Crippen LogP contribution is 2.30. The van der Waals surface area contributed by atoms with Crippen molar-refractivity contribution in [2.24, 2.45) is 5.73 Å². The molecular formula is C10H13NO5. The van der Waals surface area contributed by atoms with Crippen molar-refractivity contribution in [3.05, 3.63) is 23.8 Å². The molecule has 1 amide bonds. The van der Waals surface area contributed by atoms with E-state index < -0.39 is 18.1 Å². The van der Waals surface area contributed by atoms with E-state index in [9.17, 15) is 20.1 Å². The maximum Gasteiger partial charge on any atom is 0.249 e. The van der Waals surface area contributed by atoms with Crippen LogP contribution in [0.15, 0.2) is 18.2 Å². The minimum absolute atomic E-state index is 0.0915. The van der Waals surface area contributed by atoms with Crippen LogP contribution in [0, 0.1) is 0 Å². The zero-order valence-electron chi connectivity index (χ0n) is 8.62. The molecule has 0 aliphatic rings. The molecule has 16 heavy (non-hydrogen) atoms. The SMILES string of the molecule is COc1ccc(O)cc1C(O)C(O)C(N)=O. The highest BCUT2D eigenvalue weighted by atomic mass is 16.5.